The van der Waals surface area contributed by atoms with Gasteiger partial charge in [0.1, 0.15) is 0 Å². The van der Waals surface area contributed by atoms with Gasteiger partial charge in [-0.25, -0.2) is 9.59 Å². The highest BCUT2D eigenvalue weighted by molar-refractivity contribution is 6.00. The van der Waals surface area contributed by atoms with E-state index >= 15 is 0 Å². The van der Waals surface area contributed by atoms with Crippen molar-refractivity contribution < 1.29 is 14.6 Å². The fraction of sp³-hybridized carbons (Fsp3) is 0.429. The molecule has 1 aromatic heterocycles. The first-order valence-corrected chi connectivity index (χ1v) is 6.67. The van der Waals surface area contributed by atoms with Crippen molar-refractivity contribution in [3.8, 4) is 0 Å². The van der Waals surface area contributed by atoms with E-state index in [1.54, 1.807) is 16.7 Å². The van der Waals surface area contributed by atoms with Crippen LogP contribution in [-0.2, 0) is 4.74 Å². The van der Waals surface area contributed by atoms with E-state index in [2.05, 4.69) is 4.98 Å². The van der Waals surface area contributed by atoms with Gasteiger partial charge in [0.15, 0.2) is 0 Å². The number of para-hydroxylation sites is 1. The molecule has 0 bridgehead atoms. The van der Waals surface area contributed by atoms with Gasteiger partial charge in [-0.2, -0.15) is 0 Å². The molecule has 2 N–H and O–H groups in total. The van der Waals surface area contributed by atoms with Crippen LogP contribution in [-0.4, -0.2) is 33.3 Å². The Morgan fingerprint density at radius 1 is 1.55 bits per heavy atom. The van der Waals surface area contributed by atoms with E-state index in [4.69, 9.17) is 4.74 Å². The largest absolute Gasteiger partial charge is 0.478 e. The minimum atomic E-state index is -1.05. The van der Waals surface area contributed by atoms with Gasteiger partial charge < -0.3 is 14.8 Å². The molecule has 1 saturated heterocycles. The van der Waals surface area contributed by atoms with E-state index in [0.717, 1.165) is 12.8 Å². The van der Waals surface area contributed by atoms with Crippen LogP contribution in [0, 0.1) is 0 Å². The second kappa shape index (κ2) is 4.79. The number of H-pyrrole nitrogens is 1. The number of ether oxygens (including phenoxy) is 1. The summed E-state index contributed by atoms with van der Waals surface area (Å²) in [6.07, 6.45) is 1.91. The van der Waals surface area contributed by atoms with Crippen molar-refractivity contribution in [1.82, 2.24) is 9.55 Å². The number of aromatic nitrogens is 2. The molecule has 3 rings (SSSR count). The first kappa shape index (κ1) is 12.9. The summed E-state index contributed by atoms with van der Waals surface area (Å²) in [6.45, 7) is 2.64. The van der Waals surface area contributed by atoms with Crippen molar-refractivity contribution in [2.24, 2.45) is 0 Å². The number of imidazole rings is 1. The number of nitrogens with one attached hydrogen (secondary N) is 1. The van der Waals surface area contributed by atoms with Crippen LogP contribution in [0.1, 0.15) is 36.2 Å². The molecule has 2 unspecified atom stereocenters. The maximum atomic E-state index is 12.2. The Morgan fingerprint density at radius 3 is 3.00 bits per heavy atom. The average molecular weight is 276 g/mol. The molecule has 0 amide bonds. The lowest BCUT2D eigenvalue weighted by atomic mass is 10.1. The SMILES string of the molecule is CC(C1CCCO1)n1c(=O)[nH]c2c(C(=O)O)cccc21. The quantitative estimate of drug-likeness (QED) is 0.894. The molecule has 0 spiro atoms. The Hall–Kier alpha value is -2.08. The smallest absolute Gasteiger partial charge is 0.337 e. The van der Waals surface area contributed by atoms with E-state index in [-0.39, 0.29) is 23.4 Å². The van der Waals surface area contributed by atoms with Gasteiger partial charge in [-0.3, -0.25) is 4.57 Å². The molecule has 2 aromatic rings. The van der Waals surface area contributed by atoms with Crippen LogP contribution >= 0.6 is 0 Å². The van der Waals surface area contributed by atoms with Crippen LogP contribution in [0.3, 0.4) is 0 Å². The number of benzene rings is 1. The molecule has 0 aliphatic carbocycles. The van der Waals surface area contributed by atoms with E-state index < -0.39 is 5.97 Å². The molecule has 20 heavy (non-hydrogen) atoms. The van der Waals surface area contributed by atoms with Gasteiger partial charge in [0, 0.05) is 6.61 Å². The third kappa shape index (κ3) is 1.92. The summed E-state index contributed by atoms with van der Waals surface area (Å²) in [5, 5.41) is 9.18. The molecule has 2 atom stereocenters. The van der Waals surface area contributed by atoms with E-state index in [1.807, 2.05) is 6.92 Å². The summed E-state index contributed by atoms with van der Waals surface area (Å²) in [4.78, 5) is 26.0. The van der Waals surface area contributed by atoms with Crippen molar-refractivity contribution in [2.45, 2.75) is 31.9 Å². The predicted molar refractivity (Wildman–Crippen MR) is 73.2 cm³/mol. The molecular formula is C14H16N2O4. The summed E-state index contributed by atoms with van der Waals surface area (Å²) in [5.74, 6) is -1.05. The first-order valence-electron chi connectivity index (χ1n) is 6.67. The molecule has 1 aliphatic heterocycles. The van der Waals surface area contributed by atoms with Gasteiger partial charge >= 0.3 is 11.7 Å². The Morgan fingerprint density at radius 2 is 2.35 bits per heavy atom. The Labute approximate surface area is 115 Å². The van der Waals surface area contributed by atoms with Gasteiger partial charge in [-0.15, -0.1) is 0 Å². The zero-order chi connectivity index (χ0) is 14.3. The lowest BCUT2D eigenvalue weighted by molar-refractivity contribution is 0.0699. The third-order valence-electron chi connectivity index (χ3n) is 3.89. The van der Waals surface area contributed by atoms with Gasteiger partial charge in [0.05, 0.1) is 28.7 Å². The summed E-state index contributed by atoms with van der Waals surface area (Å²) < 4.78 is 7.23. The minimum Gasteiger partial charge on any atom is -0.478 e. The van der Waals surface area contributed by atoms with Crippen LogP contribution in [0.4, 0.5) is 0 Å². The van der Waals surface area contributed by atoms with Crippen LogP contribution in [0.2, 0.25) is 0 Å². The van der Waals surface area contributed by atoms with Crippen molar-refractivity contribution in [1.29, 1.82) is 0 Å². The second-order valence-corrected chi connectivity index (χ2v) is 5.10. The second-order valence-electron chi connectivity index (χ2n) is 5.10. The molecule has 1 aromatic carbocycles. The van der Waals surface area contributed by atoms with Crippen molar-refractivity contribution in [3.05, 3.63) is 34.2 Å². The summed E-state index contributed by atoms with van der Waals surface area (Å²) in [6, 6.07) is 4.77. The highest BCUT2D eigenvalue weighted by Crippen LogP contribution is 2.26. The molecule has 6 heteroatoms. The molecule has 2 heterocycles. The molecule has 106 valence electrons. The van der Waals surface area contributed by atoms with Gasteiger partial charge in [-0.1, -0.05) is 6.07 Å². The molecule has 0 saturated carbocycles. The fourth-order valence-electron chi connectivity index (χ4n) is 2.88. The topological polar surface area (TPSA) is 84.3 Å². The van der Waals surface area contributed by atoms with E-state index in [1.165, 1.54) is 6.07 Å². The summed E-state index contributed by atoms with van der Waals surface area (Å²) >= 11 is 0. The van der Waals surface area contributed by atoms with Gasteiger partial charge in [-0.05, 0) is 31.9 Å². The number of carbonyl (C=O) groups is 1. The number of carboxylic acids is 1. The standard InChI is InChI=1S/C14H16N2O4/c1-8(11-6-3-7-20-11)16-10-5-2-4-9(13(17)18)12(10)15-14(16)19/h2,4-5,8,11H,3,6-7H2,1H3,(H,15,19)(H,17,18). The number of hydrogen-bond donors (Lipinski definition) is 2. The first-order chi connectivity index (χ1) is 9.59. The number of aromatic amines is 1. The average Bonchev–Trinajstić information content (AvgIpc) is 3.03. The maximum Gasteiger partial charge on any atom is 0.337 e. The van der Waals surface area contributed by atoms with Crippen molar-refractivity contribution >= 4 is 17.0 Å². The lowest BCUT2D eigenvalue weighted by Crippen LogP contribution is -2.28. The predicted octanol–water partition coefficient (Wildman–Crippen LogP) is 1.77. The highest BCUT2D eigenvalue weighted by atomic mass is 16.5. The number of carboxylic acid groups (broad SMARTS) is 1. The number of fused-ring (bicyclic) bond motifs is 1. The highest BCUT2D eigenvalue weighted by Gasteiger charge is 2.27. The number of aromatic carboxylic acids is 1. The zero-order valence-corrected chi connectivity index (χ0v) is 11.1. The van der Waals surface area contributed by atoms with E-state index in [9.17, 15) is 14.7 Å². The van der Waals surface area contributed by atoms with Crippen LogP contribution in [0.5, 0.6) is 0 Å². The normalized spacial score (nSPS) is 20.4. The van der Waals surface area contributed by atoms with Gasteiger partial charge in [0.2, 0.25) is 0 Å². The maximum absolute atomic E-state index is 12.2. The molecule has 6 nitrogen and oxygen atoms in total. The van der Waals surface area contributed by atoms with Gasteiger partial charge in [0.25, 0.3) is 0 Å². The number of rotatable bonds is 3. The van der Waals surface area contributed by atoms with Crippen molar-refractivity contribution in [3.63, 3.8) is 0 Å². The Balaban J connectivity index is 2.16. The van der Waals surface area contributed by atoms with Crippen molar-refractivity contribution in [2.75, 3.05) is 6.61 Å². The Bertz CT molecular complexity index is 710. The van der Waals surface area contributed by atoms with Crippen LogP contribution in [0.25, 0.3) is 11.0 Å². The Kier molecular flexibility index (Phi) is 3.10. The molecule has 1 fully saturated rings. The number of hydrogen-bond acceptors (Lipinski definition) is 3. The zero-order valence-electron chi connectivity index (χ0n) is 11.1. The van der Waals surface area contributed by atoms with Crippen LogP contribution in [0.15, 0.2) is 23.0 Å². The van der Waals surface area contributed by atoms with Crippen LogP contribution < -0.4 is 5.69 Å². The monoisotopic (exact) mass is 276 g/mol. The fourth-order valence-corrected chi connectivity index (χ4v) is 2.88. The minimum absolute atomic E-state index is 0.000171. The lowest BCUT2D eigenvalue weighted by Gasteiger charge is -2.20. The summed E-state index contributed by atoms with van der Waals surface area (Å²) in [7, 11) is 0. The third-order valence-corrected chi connectivity index (χ3v) is 3.89. The summed E-state index contributed by atoms with van der Waals surface area (Å²) in [5.41, 5.74) is 0.794. The number of nitrogens with zero attached hydrogens (tertiary/aromatic N) is 1. The molecule has 1 aliphatic rings. The molecule has 0 radical (unpaired) electrons. The molecular weight excluding hydrogens is 260 g/mol. The van der Waals surface area contributed by atoms with E-state index in [0.29, 0.717) is 17.6 Å².